The number of carbonyl (C=O) groups is 1. The van der Waals surface area contributed by atoms with Crippen molar-refractivity contribution < 1.29 is 15.0 Å². The number of nitrogens with zero attached hydrogens (tertiary/aromatic N) is 1. The molecule has 0 saturated carbocycles. The molecule has 0 unspecified atom stereocenters. The van der Waals surface area contributed by atoms with Gasteiger partial charge in [-0.05, 0) is 11.5 Å². The molecule has 0 amide bonds. The minimum absolute atomic E-state index is 0.0181. The number of phenols is 1. The van der Waals surface area contributed by atoms with E-state index in [-0.39, 0.29) is 11.3 Å². The predicted molar refractivity (Wildman–Crippen MR) is 57.4 cm³/mol. The topological polar surface area (TPSA) is 93.7 Å². The highest BCUT2D eigenvalue weighted by molar-refractivity contribution is 6.04. The molecule has 16 heavy (non-hydrogen) atoms. The van der Waals surface area contributed by atoms with Crippen LogP contribution in [-0.2, 0) is 0 Å². The maximum atomic E-state index is 10.9. The molecule has 0 radical (unpaired) electrons. The second kappa shape index (κ2) is 3.62. The third-order valence-corrected chi connectivity index (χ3v) is 2.34. The number of hydrogen-bond acceptors (Lipinski definition) is 4. The van der Waals surface area contributed by atoms with Crippen LogP contribution in [0.4, 0.5) is 5.69 Å². The van der Waals surface area contributed by atoms with Crippen LogP contribution in [0.15, 0.2) is 35.4 Å². The first-order chi connectivity index (χ1) is 7.65. The summed E-state index contributed by atoms with van der Waals surface area (Å²) in [5.74, 6) is -1.71. The van der Waals surface area contributed by atoms with Crippen LogP contribution < -0.4 is 0 Å². The highest BCUT2D eigenvalue weighted by Gasteiger charge is 2.16. The number of aromatic carboxylic acids is 1. The number of fused-ring (bicyclic) bond motifs is 1. The lowest BCUT2D eigenvalue weighted by Crippen LogP contribution is -1.97. The van der Waals surface area contributed by atoms with Gasteiger partial charge in [-0.1, -0.05) is 24.3 Å². The van der Waals surface area contributed by atoms with Crippen molar-refractivity contribution in [3.63, 3.8) is 0 Å². The first-order valence-corrected chi connectivity index (χ1v) is 4.50. The van der Waals surface area contributed by atoms with Crippen molar-refractivity contribution in [2.45, 2.75) is 0 Å². The summed E-state index contributed by atoms with van der Waals surface area (Å²) in [6.45, 7) is 0. The van der Waals surface area contributed by atoms with E-state index in [0.29, 0.717) is 10.8 Å². The van der Waals surface area contributed by atoms with Crippen LogP contribution in [0.1, 0.15) is 10.4 Å². The second-order valence-electron chi connectivity index (χ2n) is 3.26. The summed E-state index contributed by atoms with van der Waals surface area (Å²) in [5, 5.41) is 22.9. The fourth-order valence-electron chi connectivity index (χ4n) is 1.59. The molecule has 80 valence electrons. The van der Waals surface area contributed by atoms with E-state index in [1.54, 1.807) is 24.3 Å². The summed E-state index contributed by atoms with van der Waals surface area (Å²) < 4.78 is 0. The number of benzene rings is 2. The largest absolute Gasteiger partial charge is 0.505 e. The molecule has 0 atom stereocenters. The molecule has 0 saturated heterocycles. The lowest BCUT2D eigenvalue weighted by Gasteiger charge is -2.06. The fraction of sp³-hybridized carbons (Fsp3) is 0. The van der Waals surface area contributed by atoms with Crippen LogP contribution in [0.2, 0.25) is 0 Å². The van der Waals surface area contributed by atoms with E-state index in [4.69, 9.17) is 10.6 Å². The molecule has 5 heteroatoms. The van der Waals surface area contributed by atoms with Crippen molar-refractivity contribution in [1.29, 1.82) is 5.53 Å². The van der Waals surface area contributed by atoms with E-state index >= 15 is 0 Å². The van der Waals surface area contributed by atoms with Crippen LogP contribution in [0.3, 0.4) is 0 Å². The number of nitrogens with one attached hydrogen (secondary N) is 1. The molecule has 0 aliphatic rings. The Bertz CT molecular complexity index is 593. The molecule has 0 fully saturated rings. The lowest BCUT2D eigenvalue weighted by molar-refractivity contribution is 0.0694. The number of hydrogen-bond donors (Lipinski definition) is 3. The van der Waals surface area contributed by atoms with Gasteiger partial charge < -0.3 is 10.2 Å². The summed E-state index contributed by atoms with van der Waals surface area (Å²) >= 11 is 0. The van der Waals surface area contributed by atoms with Crippen LogP contribution in [-0.4, -0.2) is 16.2 Å². The van der Waals surface area contributed by atoms with Crippen molar-refractivity contribution in [3.8, 4) is 5.75 Å². The number of rotatable bonds is 2. The van der Waals surface area contributed by atoms with Gasteiger partial charge in [0.25, 0.3) is 0 Å². The molecular weight excluding hydrogens is 208 g/mol. The molecule has 0 heterocycles. The van der Waals surface area contributed by atoms with Crippen molar-refractivity contribution in [2.24, 2.45) is 5.11 Å². The number of carboxylic acid groups (broad SMARTS) is 1. The number of carboxylic acids is 1. The van der Waals surface area contributed by atoms with E-state index in [1.807, 2.05) is 0 Å². The van der Waals surface area contributed by atoms with Gasteiger partial charge >= 0.3 is 5.97 Å². The third kappa shape index (κ3) is 1.38. The summed E-state index contributed by atoms with van der Waals surface area (Å²) in [4.78, 5) is 10.9. The maximum absolute atomic E-state index is 10.9. The first kappa shape index (κ1) is 10.1. The summed E-state index contributed by atoms with van der Waals surface area (Å²) in [6.07, 6.45) is 0. The van der Waals surface area contributed by atoms with Gasteiger partial charge in [0.1, 0.15) is 11.3 Å². The van der Waals surface area contributed by atoms with Crippen molar-refractivity contribution in [1.82, 2.24) is 0 Å². The Labute approximate surface area is 90.5 Å². The van der Waals surface area contributed by atoms with Crippen molar-refractivity contribution in [3.05, 3.63) is 35.9 Å². The van der Waals surface area contributed by atoms with E-state index in [1.165, 1.54) is 6.07 Å². The Kier molecular flexibility index (Phi) is 2.28. The average molecular weight is 216 g/mol. The van der Waals surface area contributed by atoms with Crippen molar-refractivity contribution in [2.75, 3.05) is 0 Å². The zero-order chi connectivity index (χ0) is 11.7. The average Bonchev–Trinajstić information content (AvgIpc) is 2.28. The van der Waals surface area contributed by atoms with Gasteiger partial charge in [0, 0.05) is 5.39 Å². The Morgan fingerprint density at radius 1 is 1.31 bits per heavy atom. The van der Waals surface area contributed by atoms with Gasteiger partial charge in [-0.25, -0.2) is 10.3 Å². The molecule has 0 spiro atoms. The smallest absolute Gasteiger partial charge is 0.339 e. The molecule has 5 nitrogen and oxygen atoms in total. The molecule has 0 aliphatic carbocycles. The lowest BCUT2D eigenvalue weighted by atomic mass is 10.0. The summed E-state index contributed by atoms with van der Waals surface area (Å²) in [7, 11) is 0. The first-order valence-electron chi connectivity index (χ1n) is 4.50. The van der Waals surface area contributed by atoms with E-state index in [2.05, 4.69) is 5.11 Å². The van der Waals surface area contributed by atoms with Gasteiger partial charge in [0.2, 0.25) is 0 Å². The molecule has 2 aromatic carbocycles. The van der Waals surface area contributed by atoms with Gasteiger partial charge in [-0.3, -0.25) is 0 Å². The molecule has 0 bridgehead atoms. The Balaban J connectivity index is 2.93. The number of aromatic hydroxyl groups is 1. The van der Waals surface area contributed by atoms with Gasteiger partial charge in [0.15, 0.2) is 5.75 Å². The van der Waals surface area contributed by atoms with Gasteiger partial charge in [0.05, 0.1) is 0 Å². The quantitative estimate of drug-likeness (QED) is 0.673. The third-order valence-electron chi connectivity index (χ3n) is 2.34. The maximum Gasteiger partial charge on any atom is 0.339 e. The zero-order valence-corrected chi connectivity index (χ0v) is 8.14. The van der Waals surface area contributed by atoms with E-state index in [9.17, 15) is 9.90 Å². The normalized spacial score (nSPS) is 10.2. The second-order valence-corrected chi connectivity index (χ2v) is 3.26. The van der Waals surface area contributed by atoms with Crippen molar-refractivity contribution >= 4 is 22.4 Å². The minimum Gasteiger partial charge on any atom is -0.505 e. The Morgan fingerprint density at radius 3 is 2.62 bits per heavy atom. The Morgan fingerprint density at radius 2 is 2.00 bits per heavy atom. The molecule has 0 aliphatic heterocycles. The molecule has 2 aromatic rings. The van der Waals surface area contributed by atoms with E-state index < -0.39 is 11.7 Å². The minimum atomic E-state index is -1.24. The summed E-state index contributed by atoms with van der Waals surface area (Å²) in [6, 6.07) is 8.22. The standard InChI is InChI=1S/C11H8N2O3/c12-13-9-7-4-2-1-3-6(7)5-8(10(9)14)11(15)16/h1-5,12,14H,(H,15,16). The fourth-order valence-corrected chi connectivity index (χ4v) is 1.59. The monoisotopic (exact) mass is 216 g/mol. The van der Waals surface area contributed by atoms with Crippen LogP contribution in [0.5, 0.6) is 5.75 Å². The highest BCUT2D eigenvalue weighted by Crippen LogP contribution is 2.37. The van der Waals surface area contributed by atoms with E-state index in [0.717, 1.165) is 0 Å². The van der Waals surface area contributed by atoms with Gasteiger partial charge in [-0.15, -0.1) is 0 Å². The summed E-state index contributed by atoms with van der Waals surface area (Å²) in [5.41, 5.74) is 6.71. The molecule has 0 aromatic heterocycles. The SMILES string of the molecule is N=Nc1c(O)c(C(=O)O)cc2ccccc12. The highest BCUT2D eigenvalue weighted by atomic mass is 16.4. The molecular formula is C11H8N2O3. The predicted octanol–water partition coefficient (Wildman–Crippen LogP) is 2.91. The van der Waals surface area contributed by atoms with Crippen LogP contribution in [0, 0.1) is 5.53 Å². The van der Waals surface area contributed by atoms with Crippen LogP contribution >= 0.6 is 0 Å². The zero-order valence-electron chi connectivity index (χ0n) is 8.14. The molecule has 3 N–H and O–H groups in total. The molecule has 2 rings (SSSR count). The van der Waals surface area contributed by atoms with Gasteiger partial charge in [-0.2, -0.15) is 5.11 Å². The Hall–Kier alpha value is -2.43. The van der Waals surface area contributed by atoms with Crippen LogP contribution in [0.25, 0.3) is 10.8 Å².